The number of phenolic OH excluding ortho intramolecular Hbond substituents is 5. The van der Waals surface area contributed by atoms with Crippen LogP contribution in [-0.2, 0) is 65.3 Å². The van der Waals surface area contributed by atoms with Crippen LogP contribution in [-0.4, -0.2) is 178 Å². The van der Waals surface area contributed by atoms with E-state index in [4.69, 9.17) is 80.6 Å². The first-order valence-corrected chi connectivity index (χ1v) is 38.7. The summed E-state index contributed by atoms with van der Waals surface area (Å²) in [5.74, 6) is -0.522. The second-order valence-electron chi connectivity index (χ2n) is 36.4. The predicted molar refractivity (Wildman–Crippen MR) is 438 cm³/mol. The first-order valence-electron chi connectivity index (χ1n) is 38.7. The van der Waals surface area contributed by atoms with Gasteiger partial charge in [0.05, 0.1) is 55.9 Å². The molecule has 0 atom stereocenters. The number of hydrogen-bond acceptors (Lipinski definition) is 21. The van der Waals surface area contributed by atoms with Crippen molar-refractivity contribution in [3.8, 4) is 28.7 Å². The van der Waals surface area contributed by atoms with Crippen LogP contribution in [0.4, 0.5) is 25.9 Å². The van der Waals surface area contributed by atoms with Gasteiger partial charge in [-0.15, -0.1) is 23.8 Å². The van der Waals surface area contributed by atoms with Crippen LogP contribution >= 0.6 is 0 Å². The van der Waals surface area contributed by atoms with Crippen LogP contribution in [0.3, 0.4) is 0 Å². The van der Waals surface area contributed by atoms with Gasteiger partial charge in [0.2, 0.25) is 0 Å². The Morgan fingerprint density at radius 1 is 0.453 bits per heavy atom. The Balaban J connectivity index is 0.000000321. The zero-order chi connectivity index (χ0) is 87.0. The number of benzene rings is 5. The van der Waals surface area contributed by atoms with Crippen LogP contribution in [0.25, 0.3) is 0 Å². The molecule has 12 rings (SSSR count). The van der Waals surface area contributed by atoms with Gasteiger partial charge in [0.25, 0.3) is 0 Å². The number of halogens is 6. The van der Waals surface area contributed by atoms with E-state index in [0.717, 1.165) is 54.1 Å². The van der Waals surface area contributed by atoms with Crippen molar-refractivity contribution in [2.45, 2.75) is 275 Å². The molecule has 0 spiro atoms. The topological polar surface area (TPSA) is 265 Å². The van der Waals surface area contributed by atoms with Crippen LogP contribution in [0, 0.1) is 36.8 Å². The fourth-order valence-electron chi connectivity index (χ4n) is 12.2. The number of esters is 2. The molecule has 0 bridgehead atoms. The van der Waals surface area contributed by atoms with Crippen molar-refractivity contribution < 1.29 is 229 Å². The summed E-state index contributed by atoms with van der Waals surface area (Å²) < 4.78 is 143. The molecule has 5 N–H and O–H groups in total. The number of aromatic hydroxyl groups is 5. The summed E-state index contributed by atoms with van der Waals surface area (Å²) in [5.41, 5.74) is 1.39. The number of carbonyl (C=O) groups excluding carboxylic acids is 2. The van der Waals surface area contributed by atoms with Crippen LogP contribution in [0.1, 0.15) is 237 Å². The number of aryl methyl sites for hydroxylation is 2. The van der Waals surface area contributed by atoms with E-state index in [1.165, 1.54) is 30.7 Å². The van der Waals surface area contributed by atoms with Crippen molar-refractivity contribution in [1.29, 1.82) is 0 Å². The Kier molecular flexibility index (Phi) is 38.4. The van der Waals surface area contributed by atoms with Crippen molar-refractivity contribution in [2.24, 2.45) is 10.8 Å². The minimum atomic E-state index is -3.67. The molecule has 630 valence electrons. The minimum absolute atomic E-state index is 0. The van der Waals surface area contributed by atoms with Gasteiger partial charge in [0.1, 0.15) is 22.7 Å². The molecule has 0 aromatic heterocycles. The summed E-state index contributed by atoms with van der Waals surface area (Å²) in [5, 5.41) is 46.8. The van der Waals surface area contributed by atoms with E-state index in [1.54, 1.807) is 25.1 Å². The SMILES string of the molecule is CC(C)(C)OC(=O)c1ccc(B2OC(C)(C)C(C)(C)O2)cc1B1OC(C)(C)C(C)(C)O1.CC1(C)COB(c2cc(B3OCC(C)(C)CO3)c(O)cc2O)OC1.CCC1(OC(=O)c2cc(B3OC(C)(C)C(C)(C)O3)cc(B3OC(C)(C)C(C)(C)O3)c2)CCCCC1.Cc1c[c-]c(O)cc1O.Cc1c[c-]cc(O)c1.FB(F)F.FB(F)F.[K+].[K+]. The van der Waals surface area contributed by atoms with Crippen LogP contribution in [0.2, 0.25) is 0 Å². The van der Waals surface area contributed by atoms with E-state index in [1.807, 2.05) is 175 Å². The summed E-state index contributed by atoms with van der Waals surface area (Å²) in [7, 11) is -11.2. The van der Waals surface area contributed by atoms with E-state index < -0.39 is 114 Å². The maximum absolute atomic E-state index is 13.5. The van der Waals surface area contributed by atoms with Gasteiger partial charge in [0, 0.05) is 71.5 Å². The van der Waals surface area contributed by atoms with E-state index >= 15 is 0 Å². The molecule has 6 heterocycles. The Bertz CT molecular complexity index is 3880. The second kappa shape index (κ2) is 42.3. The van der Waals surface area contributed by atoms with Gasteiger partial charge < -0.3 is 90.9 Å². The summed E-state index contributed by atoms with van der Waals surface area (Å²) in [6.07, 6.45) is 6.03. The fourth-order valence-corrected chi connectivity index (χ4v) is 12.2. The molecule has 37 heteroatoms. The van der Waals surface area contributed by atoms with Crippen LogP contribution in [0.5, 0.6) is 28.7 Å². The third-order valence-corrected chi connectivity index (χ3v) is 21.9. The van der Waals surface area contributed by atoms with Crippen LogP contribution < -0.4 is 136 Å². The molecule has 5 aromatic carbocycles. The molecule has 7 fully saturated rings. The average molecular weight is 1690 g/mol. The van der Waals surface area contributed by atoms with Crippen molar-refractivity contribution >= 4 is 103 Å². The summed E-state index contributed by atoms with van der Waals surface area (Å²) in [6.45, 7) is 53.8. The molecule has 0 unspecified atom stereocenters. The molecule has 1 saturated carbocycles. The summed E-state index contributed by atoms with van der Waals surface area (Å²) in [6, 6.07) is 27.2. The quantitative estimate of drug-likeness (QED) is 0.0412. The van der Waals surface area contributed by atoms with E-state index in [-0.39, 0.29) is 154 Å². The molecule has 0 radical (unpaired) electrons. The van der Waals surface area contributed by atoms with Gasteiger partial charge in [-0.3, -0.25) is 25.9 Å². The molecule has 6 aliphatic heterocycles. The summed E-state index contributed by atoms with van der Waals surface area (Å²) in [4.78, 5) is 26.5. The molecular weight excluding hydrogens is 1580 g/mol. The zero-order valence-electron chi connectivity index (χ0n) is 73.7. The van der Waals surface area contributed by atoms with E-state index in [0.29, 0.717) is 59.5 Å². The average Bonchev–Trinajstić information content (AvgIpc) is 1.83. The smallest absolute Gasteiger partial charge is 0.566 e. The van der Waals surface area contributed by atoms with E-state index in [9.17, 15) is 45.7 Å². The maximum atomic E-state index is 13.5. The predicted octanol–water partition coefficient (Wildman–Crippen LogP) is 6.90. The van der Waals surface area contributed by atoms with E-state index in [2.05, 4.69) is 46.8 Å². The minimum Gasteiger partial charge on any atom is -0.566 e. The van der Waals surface area contributed by atoms with Gasteiger partial charge in [-0.05, 0) is 204 Å². The molecule has 7 aliphatic rings. The molecule has 5 aromatic rings. The number of ether oxygens (including phenoxy) is 2. The van der Waals surface area contributed by atoms with Crippen molar-refractivity contribution in [3.63, 3.8) is 0 Å². The summed E-state index contributed by atoms with van der Waals surface area (Å²) >= 11 is 0. The fraction of sp³-hybridized carbons (Fsp3) is 0.600. The van der Waals surface area contributed by atoms with Gasteiger partial charge in [0.15, 0.2) is 0 Å². The van der Waals surface area contributed by atoms with Crippen molar-refractivity contribution in [1.82, 2.24) is 0 Å². The Morgan fingerprint density at radius 3 is 1.16 bits per heavy atom. The molecular formula is C80H116B8F6K2O21. The largest absolute Gasteiger partial charge is 1.00 e. The van der Waals surface area contributed by atoms with Gasteiger partial charge in [-0.2, -0.15) is 23.8 Å². The third-order valence-electron chi connectivity index (χ3n) is 21.9. The second-order valence-corrected chi connectivity index (χ2v) is 36.4. The Morgan fingerprint density at radius 2 is 0.829 bits per heavy atom. The molecule has 117 heavy (non-hydrogen) atoms. The number of rotatable bonds is 10. The Hall–Kier alpha value is -3.07. The van der Waals surface area contributed by atoms with Gasteiger partial charge in [-0.25, -0.2) is 9.59 Å². The third kappa shape index (κ3) is 29.8. The van der Waals surface area contributed by atoms with Crippen molar-refractivity contribution in [3.05, 3.63) is 113 Å². The number of hydrogen-bond donors (Lipinski definition) is 5. The van der Waals surface area contributed by atoms with Crippen molar-refractivity contribution in [2.75, 3.05) is 26.4 Å². The monoisotopic (exact) mass is 1690 g/mol. The molecule has 6 saturated heterocycles. The molecule has 21 nitrogen and oxygen atoms in total. The number of carbonyl (C=O) groups is 2. The molecule has 1 aliphatic carbocycles. The molecule has 0 amide bonds. The first-order chi connectivity index (χ1) is 52.6. The normalized spacial score (nSPS) is 20.7. The number of phenols is 5. The first kappa shape index (κ1) is 106. The van der Waals surface area contributed by atoms with Gasteiger partial charge >= 0.3 is 173 Å². The van der Waals surface area contributed by atoms with Crippen LogP contribution in [0.15, 0.2) is 78.9 Å². The maximum Gasteiger partial charge on any atom is 1.00 e. The zero-order valence-corrected chi connectivity index (χ0v) is 80.0. The Labute approximate surface area is 777 Å². The van der Waals surface area contributed by atoms with Gasteiger partial charge in [-0.1, -0.05) is 85.2 Å². The standard InChI is InChI=1S/C27H42B2O6.C23H36B2O6.C16H24B2O6.C7H7O2.C7H7O.2BF3.2K/c1-10-27(14-12-11-13-15-27)31-22(30)19-16-20(28-32-23(2,3)24(4,5)33-28)18-21(17-19)29-34-25(6,7)26(8,9)35-29;1-19(2,3)27-18(26)16-13-12-15(24-28-20(4,5)21(6,7)29-24)14-17(16)25-30-22(8,9)23(10,11)31-25;1-15(2)7-21-17(22-8-15)11-5-12(14(20)6-13(11)19)18-23-9-16(3,4)10-24-18;1-5-2-3-6(8)4-7(5)9;1-6-3-2-4-7(8)5-6;2*2-1(3)4;;/h16-18H,10-15H2,1-9H3;12-14H,1-11H3;5-6,19-20H,7-10H2,1-4H3;2,4,8-9H,1H3;3-5,8H,1H3;;;;/q;;;2*-1;;;2*+1.